The van der Waals surface area contributed by atoms with Crippen molar-refractivity contribution >= 4 is 39.2 Å². The highest BCUT2D eigenvalue weighted by Gasteiger charge is 2.03. The second-order valence-corrected chi connectivity index (χ2v) is 4.72. The molecule has 0 aromatic heterocycles. The molecule has 0 unspecified atom stereocenters. The van der Waals surface area contributed by atoms with Crippen molar-refractivity contribution in [3.63, 3.8) is 0 Å². The number of rotatable bonds is 5. The van der Waals surface area contributed by atoms with Crippen LogP contribution in [0, 0.1) is 0 Å². The lowest BCUT2D eigenvalue weighted by Gasteiger charge is -2.07. The summed E-state index contributed by atoms with van der Waals surface area (Å²) in [7, 11) is 0. The standard InChI is InChI=1S/C12H13BrClNO2/c1-2-8(12(16)17)5-6-15-11-7-9(13)3-4-10(11)14/h3-5,7,15H,2,6H2,1H3,(H,16,17)/b8-5-. The lowest BCUT2D eigenvalue weighted by Crippen LogP contribution is -2.05. The number of anilines is 1. The zero-order valence-electron chi connectivity index (χ0n) is 9.34. The molecule has 0 spiro atoms. The predicted octanol–water partition coefficient (Wildman–Crippen LogP) is 3.94. The monoisotopic (exact) mass is 317 g/mol. The zero-order chi connectivity index (χ0) is 12.8. The predicted molar refractivity (Wildman–Crippen MR) is 73.7 cm³/mol. The van der Waals surface area contributed by atoms with E-state index in [9.17, 15) is 4.79 Å². The van der Waals surface area contributed by atoms with Crippen molar-refractivity contribution in [2.75, 3.05) is 11.9 Å². The fourth-order valence-electron chi connectivity index (χ4n) is 1.30. The van der Waals surface area contributed by atoms with Crippen molar-refractivity contribution in [1.29, 1.82) is 0 Å². The Kier molecular flexibility index (Phi) is 5.51. The molecular formula is C12H13BrClNO2. The Bertz CT molecular complexity index is 446. The average Bonchev–Trinajstić information content (AvgIpc) is 2.28. The molecule has 0 heterocycles. The smallest absolute Gasteiger partial charge is 0.331 e. The van der Waals surface area contributed by atoms with Crippen LogP contribution in [0.2, 0.25) is 5.02 Å². The van der Waals surface area contributed by atoms with E-state index >= 15 is 0 Å². The average molecular weight is 319 g/mol. The van der Waals surface area contributed by atoms with E-state index in [0.717, 1.165) is 10.2 Å². The van der Waals surface area contributed by atoms with E-state index in [0.29, 0.717) is 23.6 Å². The number of benzene rings is 1. The van der Waals surface area contributed by atoms with Gasteiger partial charge in [-0.15, -0.1) is 0 Å². The first kappa shape index (κ1) is 14.1. The molecule has 5 heteroatoms. The fraction of sp³-hybridized carbons (Fsp3) is 0.250. The van der Waals surface area contributed by atoms with Crippen molar-refractivity contribution in [3.05, 3.63) is 39.3 Å². The summed E-state index contributed by atoms with van der Waals surface area (Å²) in [6.45, 7) is 2.25. The first-order valence-electron chi connectivity index (χ1n) is 5.15. The third kappa shape index (κ3) is 4.40. The van der Waals surface area contributed by atoms with Gasteiger partial charge in [0.2, 0.25) is 0 Å². The Morgan fingerprint density at radius 3 is 2.88 bits per heavy atom. The molecule has 0 saturated carbocycles. The fourth-order valence-corrected chi connectivity index (χ4v) is 1.85. The Hall–Kier alpha value is -1.00. The zero-order valence-corrected chi connectivity index (χ0v) is 11.7. The summed E-state index contributed by atoms with van der Waals surface area (Å²) in [4.78, 5) is 10.8. The summed E-state index contributed by atoms with van der Waals surface area (Å²) in [5, 5.41) is 12.5. The molecule has 0 aliphatic heterocycles. The maximum absolute atomic E-state index is 10.8. The van der Waals surface area contributed by atoms with E-state index in [1.165, 1.54) is 0 Å². The topological polar surface area (TPSA) is 49.3 Å². The van der Waals surface area contributed by atoms with Gasteiger partial charge in [-0.25, -0.2) is 4.79 Å². The minimum Gasteiger partial charge on any atom is -0.478 e. The van der Waals surface area contributed by atoms with Crippen LogP contribution in [-0.4, -0.2) is 17.6 Å². The number of hydrogen-bond acceptors (Lipinski definition) is 2. The summed E-state index contributed by atoms with van der Waals surface area (Å²) >= 11 is 9.33. The van der Waals surface area contributed by atoms with Gasteiger partial charge in [0.25, 0.3) is 0 Å². The van der Waals surface area contributed by atoms with Gasteiger partial charge < -0.3 is 10.4 Å². The lowest BCUT2D eigenvalue weighted by atomic mass is 10.2. The van der Waals surface area contributed by atoms with Crippen molar-refractivity contribution in [2.24, 2.45) is 0 Å². The van der Waals surface area contributed by atoms with E-state index < -0.39 is 5.97 Å². The van der Waals surface area contributed by atoms with E-state index in [4.69, 9.17) is 16.7 Å². The second-order valence-electron chi connectivity index (χ2n) is 3.39. The molecule has 3 nitrogen and oxygen atoms in total. The van der Waals surface area contributed by atoms with Crippen LogP contribution in [0.25, 0.3) is 0 Å². The third-order valence-corrected chi connectivity index (χ3v) is 3.05. The van der Waals surface area contributed by atoms with E-state index in [1.54, 1.807) is 12.1 Å². The van der Waals surface area contributed by atoms with Crippen LogP contribution in [0.15, 0.2) is 34.3 Å². The highest BCUT2D eigenvalue weighted by Crippen LogP contribution is 2.25. The van der Waals surface area contributed by atoms with Gasteiger partial charge in [0, 0.05) is 16.6 Å². The maximum atomic E-state index is 10.8. The van der Waals surface area contributed by atoms with Crippen molar-refractivity contribution in [2.45, 2.75) is 13.3 Å². The summed E-state index contributed by atoms with van der Waals surface area (Å²) in [5.41, 5.74) is 1.17. The molecule has 0 atom stereocenters. The van der Waals surface area contributed by atoms with E-state index in [1.807, 2.05) is 19.1 Å². The highest BCUT2D eigenvalue weighted by atomic mass is 79.9. The highest BCUT2D eigenvalue weighted by molar-refractivity contribution is 9.10. The summed E-state index contributed by atoms with van der Waals surface area (Å²) in [6.07, 6.45) is 2.16. The van der Waals surface area contributed by atoms with Gasteiger partial charge in [0.15, 0.2) is 0 Å². The van der Waals surface area contributed by atoms with Crippen LogP contribution in [0.5, 0.6) is 0 Å². The molecule has 2 N–H and O–H groups in total. The van der Waals surface area contributed by atoms with E-state index in [-0.39, 0.29) is 0 Å². The molecule has 17 heavy (non-hydrogen) atoms. The number of carbonyl (C=O) groups is 1. The van der Waals surface area contributed by atoms with Gasteiger partial charge in [-0.3, -0.25) is 0 Å². The molecule has 1 aromatic rings. The Balaban J connectivity index is 2.67. The number of nitrogens with one attached hydrogen (secondary N) is 1. The Labute approximate surface area is 114 Å². The molecule has 0 bridgehead atoms. The van der Waals surface area contributed by atoms with E-state index in [2.05, 4.69) is 21.2 Å². The first-order chi connectivity index (χ1) is 8.04. The largest absolute Gasteiger partial charge is 0.478 e. The van der Waals surface area contributed by atoms with Gasteiger partial charge >= 0.3 is 5.97 Å². The lowest BCUT2D eigenvalue weighted by molar-refractivity contribution is -0.132. The van der Waals surface area contributed by atoms with Crippen LogP contribution in [0.4, 0.5) is 5.69 Å². The van der Waals surface area contributed by atoms with Crippen molar-refractivity contribution < 1.29 is 9.90 Å². The van der Waals surface area contributed by atoms with Crippen LogP contribution in [0.3, 0.4) is 0 Å². The molecular weight excluding hydrogens is 305 g/mol. The maximum Gasteiger partial charge on any atom is 0.331 e. The Morgan fingerprint density at radius 1 is 1.59 bits per heavy atom. The number of carboxylic acids is 1. The van der Waals surface area contributed by atoms with Gasteiger partial charge in [-0.1, -0.05) is 40.5 Å². The van der Waals surface area contributed by atoms with Crippen LogP contribution >= 0.6 is 27.5 Å². The SMILES string of the molecule is CC/C(=C/CNc1cc(Br)ccc1Cl)C(=O)O. The van der Waals surface area contributed by atoms with Crippen molar-refractivity contribution in [1.82, 2.24) is 0 Å². The molecule has 1 aromatic carbocycles. The second kappa shape index (κ2) is 6.67. The molecule has 0 aliphatic carbocycles. The van der Waals surface area contributed by atoms with Crippen molar-refractivity contribution in [3.8, 4) is 0 Å². The number of aliphatic carboxylic acids is 1. The minimum absolute atomic E-state index is 0.392. The normalized spacial score (nSPS) is 11.4. The molecule has 0 aliphatic rings. The number of halogens is 2. The molecule has 0 amide bonds. The quantitative estimate of drug-likeness (QED) is 0.809. The van der Waals surface area contributed by atoms with Crippen LogP contribution in [0.1, 0.15) is 13.3 Å². The van der Waals surface area contributed by atoms with Gasteiger partial charge in [-0.05, 0) is 24.6 Å². The summed E-state index contributed by atoms with van der Waals surface area (Å²) < 4.78 is 0.919. The molecule has 0 saturated heterocycles. The Morgan fingerprint density at radius 2 is 2.29 bits per heavy atom. The van der Waals surface area contributed by atoms with Crippen LogP contribution < -0.4 is 5.32 Å². The number of carboxylic acid groups (broad SMARTS) is 1. The van der Waals surface area contributed by atoms with Gasteiger partial charge in [0.05, 0.1) is 10.7 Å². The van der Waals surface area contributed by atoms with Crippen LogP contribution in [-0.2, 0) is 4.79 Å². The molecule has 0 radical (unpaired) electrons. The summed E-state index contributed by atoms with van der Waals surface area (Å²) in [6, 6.07) is 5.47. The number of hydrogen-bond donors (Lipinski definition) is 2. The minimum atomic E-state index is -0.880. The third-order valence-electron chi connectivity index (χ3n) is 2.22. The molecule has 1 rings (SSSR count). The molecule has 0 fully saturated rings. The molecule has 92 valence electrons. The first-order valence-corrected chi connectivity index (χ1v) is 6.33. The van der Waals surface area contributed by atoms with Gasteiger partial charge in [0.1, 0.15) is 0 Å². The summed E-state index contributed by atoms with van der Waals surface area (Å²) in [5.74, 6) is -0.880. The van der Waals surface area contributed by atoms with Gasteiger partial charge in [-0.2, -0.15) is 0 Å².